The predicted molar refractivity (Wildman–Crippen MR) is 162 cm³/mol. The molecule has 8 nitrogen and oxygen atoms in total. The van der Waals surface area contributed by atoms with Gasteiger partial charge in [0.05, 0.1) is 19.3 Å². The molecule has 0 aliphatic carbocycles. The number of nitrogens with one attached hydrogen (secondary N) is 2. The second-order valence-corrected chi connectivity index (χ2v) is 10.9. The number of rotatable bonds is 8. The molecule has 0 radical (unpaired) electrons. The largest absolute Gasteiger partial charge is 0.496 e. The van der Waals surface area contributed by atoms with Gasteiger partial charge in [0.2, 0.25) is 0 Å². The number of piperazine rings is 1. The molecule has 41 heavy (non-hydrogen) atoms. The molecule has 5 rings (SSSR count). The first kappa shape index (κ1) is 29.1. The van der Waals surface area contributed by atoms with E-state index in [1.54, 1.807) is 29.2 Å². The van der Waals surface area contributed by atoms with Crippen LogP contribution in [0.4, 0.5) is 11.4 Å². The number of fused-ring (bicyclic) bond motifs is 1. The molecular weight excluding hydrogens is 540 g/mol. The van der Waals surface area contributed by atoms with Crippen molar-refractivity contribution in [1.29, 1.82) is 0 Å². The van der Waals surface area contributed by atoms with Crippen LogP contribution in [0, 0.1) is 6.92 Å². The number of nitrogens with zero attached hydrogens (tertiary/aromatic N) is 2. The second kappa shape index (κ2) is 13.5. The van der Waals surface area contributed by atoms with Gasteiger partial charge in [-0.05, 0) is 73.7 Å². The number of aryl methyl sites for hydroxylation is 2. The van der Waals surface area contributed by atoms with Crippen LogP contribution in [0.1, 0.15) is 44.7 Å². The van der Waals surface area contributed by atoms with Gasteiger partial charge in [-0.1, -0.05) is 29.8 Å². The highest BCUT2D eigenvalue weighted by molar-refractivity contribution is 6.30. The third kappa shape index (κ3) is 6.90. The minimum Gasteiger partial charge on any atom is -0.496 e. The fourth-order valence-corrected chi connectivity index (χ4v) is 5.69. The first-order valence-electron chi connectivity index (χ1n) is 14.2. The number of hydrogen-bond donors (Lipinski definition) is 2. The molecule has 0 aromatic heterocycles. The fourth-order valence-electron chi connectivity index (χ4n) is 5.49. The van der Waals surface area contributed by atoms with Crippen molar-refractivity contribution >= 4 is 34.8 Å². The van der Waals surface area contributed by atoms with E-state index in [0.717, 1.165) is 62.4 Å². The maximum atomic E-state index is 14.3. The summed E-state index contributed by atoms with van der Waals surface area (Å²) in [6.07, 6.45) is 1.94. The van der Waals surface area contributed by atoms with Gasteiger partial charge in [-0.15, -0.1) is 0 Å². The molecule has 0 saturated carbocycles. The number of halogens is 1. The molecule has 0 spiro atoms. The first-order valence-corrected chi connectivity index (χ1v) is 14.5. The summed E-state index contributed by atoms with van der Waals surface area (Å²) in [6, 6.07) is 18.2. The minimum absolute atomic E-state index is 0.222. The van der Waals surface area contributed by atoms with E-state index in [1.807, 2.05) is 43.3 Å². The van der Waals surface area contributed by atoms with Gasteiger partial charge in [-0.3, -0.25) is 19.4 Å². The molecule has 3 aromatic carbocycles. The maximum absolute atomic E-state index is 14.3. The van der Waals surface area contributed by atoms with Crippen LogP contribution in [-0.4, -0.2) is 69.4 Å². The topological polar surface area (TPSA) is 83.1 Å². The molecule has 0 bridgehead atoms. The Kier molecular flexibility index (Phi) is 9.57. The molecule has 1 saturated heterocycles. The Morgan fingerprint density at radius 3 is 2.63 bits per heavy atom. The molecule has 9 heteroatoms. The van der Waals surface area contributed by atoms with Crippen LogP contribution in [-0.2, 0) is 11.2 Å². The molecule has 3 aromatic rings. The van der Waals surface area contributed by atoms with Gasteiger partial charge in [0.15, 0.2) is 0 Å². The summed E-state index contributed by atoms with van der Waals surface area (Å²) in [6.45, 7) is 7.16. The lowest BCUT2D eigenvalue weighted by Gasteiger charge is -2.33. The van der Waals surface area contributed by atoms with E-state index in [4.69, 9.17) is 21.1 Å². The Morgan fingerprint density at radius 2 is 1.85 bits per heavy atom. The average molecular weight is 577 g/mol. The van der Waals surface area contributed by atoms with Crippen LogP contribution in [0.2, 0.25) is 5.02 Å². The van der Waals surface area contributed by atoms with Gasteiger partial charge in [0.1, 0.15) is 12.0 Å². The second-order valence-electron chi connectivity index (χ2n) is 10.4. The monoisotopic (exact) mass is 576 g/mol. The molecule has 1 atom stereocenters. The summed E-state index contributed by atoms with van der Waals surface area (Å²) in [7, 11) is 1.52. The summed E-state index contributed by atoms with van der Waals surface area (Å²) < 4.78 is 12.1. The van der Waals surface area contributed by atoms with Gasteiger partial charge < -0.3 is 20.1 Å². The zero-order valence-corrected chi connectivity index (χ0v) is 24.4. The van der Waals surface area contributed by atoms with Crippen molar-refractivity contribution in [3.63, 3.8) is 0 Å². The Morgan fingerprint density at radius 1 is 1.05 bits per heavy atom. The van der Waals surface area contributed by atoms with Crippen LogP contribution < -0.4 is 20.3 Å². The lowest BCUT2D eigenvalue weighted by molar-refractivity contribution is 0.0276. The number of ether oxygens (including phenoxy) is 2. The van der Waals surface area contributed by atoms with E-state index in [9.17, 15) is 9.59 Å². The Balaban J connectivity index is 1.40. The zero-order valence-electron chi connectivity index (χ0n) is 23.6. The molecule has 1 unspecified atom stereocenters. The fraction of sp³-hybridized carbons (Fsp3) is 0.375. The van der Waals surface area contributed by atoms with E-state index in [0.29, 0.717) is 40.6 Å². The van der Waals surface area contributed by atoms with Crippen LogP contribution in [0.3, 0.4) is 0 Å². The zero-order chi connectivity index (χ0) is 28.8. The first-order chi connectivity index (χ1) is 19.9. The molecule has 1 fully saturated rings. The summed E-state index contributed by atoms with van der Waals surface area (Å²) in [4.78, 5) is 31.3. The maximum Gasteiger partial charge on any atom is 0.264 e. The normalized spacial score (nSPS) is 17.4. The van der Waals surface area contributed by atoms with Crippen molar-refractivity contribution in [3.8, 4) is 5.75 Å². The third-order valence-electron chi connectivity index (χ3n) is 7.71. The summed E-state index contributed by atoms with van der Waals surface area (Å²) in [5, 5.41) is 6.94. The Bertz CT molecular complexity index is 1390. The molecule has 216 valence electrons. The van der Waals surface area contributed by atoms with Gasteiger partial charge in [-0.2, -0.15) is 0 Å². The van der Waals surface area contributed by atoms with Gasteiger partial charge in [-0.25, -0.2) is 0 Å². The van der Waals surface area contributed by atoms with Crippen LogP contribution in [0.25, 0.3) is 0 Å². The van der Waals surface area contributed by atoms with Crippen molar-refractivity contribution in [2.24, 2.45) is 0 Å². The van der Waals surface area contributed by atoms with E-state index in [-0.39, 0.29) is 11.8 Å². The van der Waals surface area contributed by atoms with Crippen LogP contribution >= 0.6 is 11.6 Å². The van der Waals surface area contributed by atoms with E-state index >= 15 is 0 Å². The number of methoxy groups -OCH3 is 1. The number of anilines is 2. The van der Waals surface area contributed by atoms with Crippen molar-refractivity contribution in [2.75, 3.05) is 56.7 Å². The van der Waals surface area contributed by atoms with Crippen LogP contribution in [0.15, 0.2) is 60.7 Å². The standard InChI is InChI=1S/C32H37ClN4O4/c1-22-6-3-4-8-26(22)31(38)35-25-11-12-27(29(21-25)40-2)32(39)37-28-13-10-24(33)20-23(28)7-5-9-30(37)41-19-18-36-16-14-34-15-17-36/h3-4,6,8,10-13,20-21,30,34H,5,7,9,14-19H2,1-2H3,(H,35,38). The predicted octanol–water partition coefficient (Wildman–Crippen LogP) is 5.14. The van der Waals surface area contributed by atoms with Gasteiger partial charge in [0.25, 0.3) is 11.8 Å². The van der Waals surface area contributed by atoms with Crippen LogP contribution in [0.5, 0.6) is 5.75 Å². The lowest BCUT2D eigenvalue weighted by atomic mass is 10.1. The molecule has 2 aliphatic rings. The number of benzene rings is 3. The average Bonchev–Trinajstić information content (AvgIpc) is 3.16. The lowest BCUT2D eigenvalue weighted by Crippen LogP contribution is -2.46. The minimum atomic E-state index is -0.432. The molecule has 2 N–H and O–H groups in total. The number of carbonyl (C=O) groups is 2. The highest BCUT2D eigenvalue weighted by Crippen LogP contribution is 2.35. The van der Waals surface area contributed by atoms with Crippen molar-refractivity contribution in [1.82, 2.24) is 10.2 Å². The van der Waals surface area contributed by atoms with Crippen molar-refractivity contribution in [3.05, 3.63) is 87.9 Å². The van der Waals surface area contributed by atoms with E-state index < -0.39 is 6.23 Å². The quantitative estimate of drug-likeness (QED) is 0.386. The Hall–Kier alpha value is -3.43. The van der Waals surface area contributed by atoms with Crippen molar-refractivity contribution in [2.45, 2.75) is 32.4 Å². The highest BCUT2D eigenvalue weighted by Gasteiger charge is 2.32. The number of carbonyl (C=O) groups excluding carboxylic acids is 2. The Labute approximate surface area is 246 Å². The number of amides is 2. The molecule has 2 amide bonds. The SMILES string of the molecule is COc1cc(NC(=O)c2ccccc2C)ccc1C(=O)N1c2ccc(Cl)cc2CCCC1OCCN1CCNCC1. The van der Waals surface area contributed by atoms with E-state index in [1.165, 1.54) is 7.11 Å². The highest BCUT2D eigenvalue weighted by atomic mass is 35.5. The third-order valence-corrected chi connectivity index (χ3v) is 7.95. The summed E-state index contributed by atoms with van der Waals surface area (Å²) in [5.74, 6) is -0.0753. The molecular formula is C32H37ClN4O4. The molecule has 2 aliphatic heterocycles. The van der Waals surface area contributed by atoms with Gasteiger partial charge in [0, 0.05) is 60.8 Å². The van der Waals surface area contributed by atoms with Crippen molar-refractivity contribution < 1.29 is 19.1 Å². The molecule has 2 heterocycles. The van der Waals surface area contributed by atoms with Gasteiger partial charge >= 0.3 is 0 Å². The summed E-state index contributed by atoms with van der Waals surface area (Å²) >= 11 is 6.34. The summed E-state index contributed by atoms with van der Waals surface area (Å²) in [5.41, 5.74) is 4.21. The van der Waals surface area contributed by atoms with E-state index in [2.05, 4.69) is 15.5 Å². The number of hydrogen-bond acceptors (Lipinski definition) is 6. The smallest absolute Gasteiger partial charge is 0.264 e.